The van der Waals surface area contributed by atoms with Crippen LogP contribution in [0.3, 0.4) is 0 Å². The monoisotopic (exact) mass is 249 g/mol. The Morgan fingerprint density at radius 1 is 1.50 bits per heavy atom. The average molecular weight is 249 g/mol. The van der Waals surface area contributed by atoms with Crippen LogP contribution in [0.4, 0.5) is 0 Å². The minimum absolute atomic E-state index is 0.0808. The van der Waals surface area contributed by atoms with Gasteiger partial charge in [-0.1, -0.05) is 25.1 Å². The first kappa shape index (κ1) is 12.9. The molecule has 0 aromatic heterocycles. The molecule has 18 heavy (non-hydrogen) atoms. The third kappa shape index (κ3) is 3.01. The van der Waals surface area contributed by atoms with Crippen LogP contribution in [0.1, 0.15) is 25.3 Å². The lowest BCUT2D eigenvalue weighted by Crippen LogP contribution is -2.37. The maximum absolute atomic E-state index is 10.9. The minimum atomic E-state index is -0.736. The second kappa shape index (κ2) is 5.87. The summed E-state index contributed by atoms with van der Waals surface area (Å²) in [4.78, 5) is 13.1. The quantitative estimate of drug-likeness (QED) is 0.888. The third-order valence-electron chi connectivity index (χ3n) is 3.38. The van der Waals surface area contributed by atoms with E-state index in [1.807, 2.05) is 31.2 Å². The molecule has 0 radical (unpaired) electrons. The number of hydrogen-bond acceptors (Lipinski definition) is 3. The standard InChI is InChI=1S/C14H19NO3/c1-2-12(9-14(16)17)15-7-8-18-13-6-4-3-5-11(13)10-15/h3-6,12H,2,7-10H2,1H3,(H,16,17). The van der Waals surface area contributed by atoms with Crippen LogP contribution in [0.2, 0.25) is 0 Å². The Hall–Kier alpha value is -1.55. The Balaban J connectivity index is 2.13. The summed E-state index contributed by atoms with van der Waals surface area (Å²) in [6.45, 7) is 4.20. The predicted molar refractivity (Wildman–Crippen MR) is 68.7 cm³/mol. The van der Waals surface area contributed by atoms with E-state index in [9.17, 15) is 4.79 Å². The molecule has 1 heterocycles. The first-order valence-electron chi connectivity index (χ1n) is 6.37. The molecule has 0 fully saturated rings. The van der Waals surface area contributed by atoms with Gasteiger partial charge in [0.2, 0.25) is 0 Å². The van der Waals surface area contributed by atoms with Crippen LogP contribution in [0.5, 0.6) is 5.75 Å². The molecule has 4 heteroatoms. The Bertz CT molecular complexity index is 419. The molecule has 0 spiro atoms. The minimum Gasteiger partial charge on any atom is -0.492 e. The number of para-hydroxylation sites is 1. The van der Waals surface area contributed by atoms with Crippen LogP contribution in [0.25, 0.3) is 0 Å². The Labute approximate surface area is 107 Å². The molecule has 2 rings (SSSR count). The van der Waals surface area contributed by atoms with Gasteiger partial charge in [-0.15, -0.1) is 0 Å². The van der Waals surface area contributed by atoms with Crippen LogP contribution in [0.15, 0.2) is 24.3 Å². The Morgan fingerprint density at radius 3 is 3.00 bits per heavy atom. The molecule has 1 atom stereocenters. The smallest absolute Gasteiger partial charge is 0.304 e. The largest absolute Gasteiger partial charge is 0.492 e. The third-order valence-corrected chi connectivity index (χ3v) is 3.38. The molecule has 4 nitrogen and oxygen atoms in total. The van der Waals surface area contributed by atoms with Crippen molar-refractivity contribution in [1.29, 1.82) is 0 Å². The maximum Gasteiger partial charge on any atom is 0.304 e. The van der Waals surface area contributed by atoms with Gasteiger partial charge >= 0.3 is 5.97 Å². The zero-order valence-corrected chi connectivity index (χ0v) is 10.6. The van der Waals surface area contributed by atoms with Crippen molar-refractivity contribution in [2.75, 3.05) is 13.2 Å². The van der Waals surface area contributed by atoms with E-state index in [0.29, 0.717) is 6.61 Å². The molecule has 1 N–H and O–H groups in total. The van der Waals surface area contributed by atoms with Crippen molar-refractivity contribution in [3.05, 3.63) is 29.8 Å². The Morgan fingerprint density at radius 2 is 2.28 bits per heavy atom. The highest BCUT2D eigenvalue weighted by Crippen LogP contribution is 2.24. The lowest BCUT2D eigenvalue weighted by molar-refractivity contribution is -0.138. The van der Waals surface area contributed by atoms with Gasteiger partial charge in [0.25, 0.3) is 0 Å². The molecule has 0 aliphatic carbocycles. The summed E-state index contributed by atoms with van der Waals surface area (Å²) in [5, 5.41) is 8.95. The van der Waals surface area contributed by atoms with Crippen LogP contribution >= 0.6 is 0 Å². The number of nitrogens with zero attached hydrogens (tertiary/aromatic N) is 1. The van der Waals surface area contributed by atoms with E-state index < -0.39 is 5.97 Å². The molecule has 1 aromatic rings. The van der Waals surface area contributed by atoms with Crippen molar-refractivity contribution >= 4 is 5.97 Å². The van der Waals surface area contributed by atoms with Crippen molar-refractivity contribution in [3.8, 4) is 5.75 Å². The molecule has 0 bridgehead atoms. The van der Waals surface area contributed by atoms with Gasteiger partial charge in [-0.05, 0) is 12.5 Å². The van der Waals surface area contributed by atoms with E-state index in [1.54, 1.807) is 0 Å². The zero-order chi connectivity index (χ0) is 13.0. The predicted octanol–water partition coefficient (Wildman–Crippen LogP) is 2.13. The normalized spacial score (nSPS) is 17.4. The molecule has 98 valence electrons. The molecule has 0 saturated carbocycles. The van der Waals surface area contributed by atoms with Crippen LogP contribution in [-0.4, -0.2) is 35.2 Å². The van der Waals surface area contributed by atoms with Crippen LogP contribution < -0.4 is 4.74 Å². The lowest BCUT2D eigenvalue weighted by Gasteiger charge is -2.28. The Kier molecular flexibility index (Phi) is 4.20. The maximum atomic E-state index is 10.9. The number of fused-ring (bicyclic) bond motifs is 1. The fourth-order valence-corrected chi connectivity index (χ4v) is 2.39. The molecular weight excluding hydrogens is 230 g/mol. The second-order valence-electron chi connectivity index (χ2n) is 4.59. The van der Waals surface area contributed by atoms with Crippen molar-refractivity contribution in [3.63, 3.8) is 0 Å². The van der Waals surface area contributed by atoms with Crippen molar-refractivity contribution in [2.24, 2.45) is 0 Å². The summed E-state index contributed by atoms with van der Waals surface area (Å²) >= 11 is 0. The van der Waals surface area contributed by atoms with E-state index in [-0.39, 0.29) is 12.5 Å². The number of carboxylic acids is 1. The van der Waals surface area contributed by atoms with Gasteiger partial charge in [-0.25, -0.2) is 0 Å². The van der Waals surface area contributed by atoms with E-state index in [4.69, 9.17) is 9.84 Å². The van der Waals surface area contributed by atoms with Gasteiger partial charge in [0.05, 0.1) is 6.42 Å². The first-order valence-corrected chi connectivity index (χ1v) is 6.37. The van der Waals surface area contributed by atoms with Crippen molar-refractivity contribution in [2.45, 2.75) is 32.4 Å². The summed E-state index contributed by atoms with van der Waals surface area (Å²) in [5.74, 6) is 0.186. The van der Waals surface area contributed by atoms with Gasteiger partial charge in [-0.3, -0.25) is 9.69 Å². The number of carbonyl (C=O) groups is 1. The molecule has 1 unspecified atom stereocenters. The molecule has 0 saturated heterocycles. The summed E-state index contributed by atoms with van der Waals surface area (Å²) in [6.07, 6.45) is 1.03. The zero-order valence-electron chi connectivity index (χ0n) is 10.6. The molecule has 1 aliphatic heterocycles. The number of ether oxygens (including phenoxy) is 1. The summed E-state index contributed by atoms with van der Waals surface area (Å²) in [5.41, 5.74) is 1.14. The van der Waals surface area contributed by atoms with E-state index in [0.717, 1.165) is 30.8 Å². The van der Waals surface area contributed by atoms with E-state index in [1.165, 1.54) is 0 Å². The summed E-state index contributed by atoms with van der Waals surface area (Å²) in [6, 6.07) is 8.04. The number of benzene rings is 1. The summed E-state index contributed by atoms with van der Waals surface area (Å²) < 4.78 is 5.69. The highest BCUT2D eigenvalue weighted by atomic mass is 16.5. The topological polar surface area (TPSA) is 49.8 Å². The van der Waals surface area contributed by atoms with Crippen LogP contribution in [-0.2, 0) is 11.3 Å². The average Bonchev–Trinajstić information content (AvgIpc) is 2.57. The fourth-order valence-electron chi connectivity index (χ4n) is 2.39. The molecule has 1 aliphatic rings. The van der Waals surface area contributed by atoms with Crippen molar-refractivity contribution < 1.29 is 14.6 Å². The van der Waals surface area contributed by atoms with Gasteiger partial charge in [-0.2, -0.15) is 0 Å². The highest BCUT2D eigenvalue weighted by molar-refractivity contribution is 5.67. The number of carboxylic acid groups (broad SMARTS) is 1. The van der Waals surface area contributed by atoms with Gasteiger partial charge in [0.1, 0.15) is 12.4 Å². The van der Waals surface area contributed by atoms with E-state index in [2.05, 4.69) is 4.90 Å². The SMILES string of the molecule is CCC(CC(=O)O)N1CCOc2ccccc2C1. The number of aliphatic carboxylic acids is 1. The number of rotatable bonds is 4. The van der Waals surface area contributed by atoms with Crippen LogP contribution in [0, 0.1) is 0 Å². The van der Waals surface area contributed by atoms with Gasteiger partial charge in [0, 0.05) is 24.7 Å². The second-order valence-corrected chi connectivity index (χ2v) is 4.59. The molecule has 1 aromatic carbocycles. The van der Waals surface area contributed by atoms with Gasteiger partial charge < -0.3 is 9.84 Å². The van der Waals surface area contributed by atoms with E-state index >= 15 is 0 Å². The van der Waals surface area contributed by atoms with Crippen molar-refractivity contribution in [1.82, 2.24) is 4.90 Å². The molecule has 0 amide bonds. The lowest BCUT2D eigenvalue weighted by atomic mass is 10.1. The fraction of sp³-hybridized carbons (Fsp3) is 0.500. The highest BCUT2D eigenvalue weighted by Gasteiger charge is 2.23. The molecular formula is C14H19NO3. The van der Waals surface area contributed by atoms with Gasteiger partial charge in [0.15, 0.2) is 0 Å². The summed E-state index contributed by atoms with van der Waals surface area (Å²) in [7, 11) is 0. The first-order chi connectivity index (χ1) is 8.70. The number of hydrogen-bond donors (Lipinski definition) is 1.